The van der Waals surface area contributed by atoms with Gasteiger partial charge in [0.05, 0.1) is 5.69 Å². The lowest BCUT2D eigenvalue weighted by atomic mass is 9.97. The summed E-state index contributed by atoms with van der Waals surface area (Å²) in [5.41, 5.74) is 7.36. The molecule has 0 atom stereocenters. The van der Waals surface area contributed by atoms with Crippen molar-refractivity contribution >= 4 is 16.9 Å². The van der Waals surface area contributed by atoms with E-state index >= 15 is 0 Å². The number of anilines is 1. The standard InChI is InChI=1S/C10H13N3O/c1-10(2,3)9-13-8-7(14-9)6(11)4-5-12-8/h4-5H,1-3H3,(H2,11,12). The van der Waals surface area contributed by atoms with Gasteiger partial charge in [-0.05, 0) is 6.07 Å². The molecule has 74 valence electrons. The van der Waals surface area contributed by atoms with Crippen LogP contribution in [-0.4, -0.2) is 9.97 Å². The predicted molar refractivity (Wildman–Crippen MR) is 54.9 cm³/mol. The Balaban J connectivity index is 2.69. The molecule has 0 saturated carbocycles. The summed E-state index contributed by atoms with van der Waals surface area (Å²) in [6.07, 6.45) is 1.63. The van der Waals surface area contributed by atoms with Crippen molar-refractivity contribution in [3.63, 3.8) is 0 Å². The first-order chi connectivity index (χ1) is 6.48. The van der Waals surface area contributed by atoms with Crippen molar-refractivity contribution in [2.75, 3.05) is 5.73 Å². The molecule has 0 radical (unpaired) electrons. The van der Waals surface area contributed by atoms with E-state index in [4.69, 9.17) is 10.2 Å². The number of pyridine rings is 1. The summed E-state index contributed by atoms with van der Waals surface area (Å²) in [4.78, 5) is 8.38. The van der Waals surface area contributed by atoms with Crippen molar-refractivity contribution in [3.05, 3.63) is 18.2 Å². The molecular weight excluding hydrogens is 178 g/mol. The number of hydrogen-bond donors (Lipinski definition) is 1. The van der Waals surface area contributed by atoms with Gasteiger partial charge >= 0.3 is 0 Å². The third-order valence-electron chi connectivity index (χ3n) is 1.96. The molecule has 0 bridgehead atoms. The summed E-state index contributed by atoms with van der Waals surface area (Å²) < 4.78 is 5.56. The smallest absolute Gasteiger partial charge is 0.202 e. The Labute approximate surface area is 82.1 Å². The summed E-state index contributed by atoms with van der Waals surface area (Å²) >= 11 is 0. The molecule has 2 aromatic heterocycles. The van der Waals surface area contributed by atoms with E-state index < -0.39 is 0 Å². The summed E-state index contributed by atoms with van der Waals surface area (Å²) in [6, 6.07) is 1.71. The zero-order valence-corrected chi connectivity index (χ0v) is 8.53. The molecule has 0 aromatic carbocycles. The topological polar surface area (TPSA) is 64.9 Å². The molecule has 0 saturated heterocycles. The maximum Gasteiger partial charge on any atom is 0.202 e. The SMILES string of the molecule is CC(C)(C)c1nc2nccc(N)c2o1. The second-order valence-electron chi connectivity index (χ2n) is 4.32. The number of hydrogen-bond acceptors (Lipinski definition) is 4. The summed E-state index contributed by atoms with van der Waals surface area (Å²) in [7, 11) is 0. The first-order valence-electron chi connectivity index (χ1n) is 4.50. The molecule has 0 amide bonds. The lowest BCUT2D eigenvalue weighted by Gasteiger charge is -2.11. The lowest BCUT2D eigenvalue weighted by molar-refractivity contribution is 0.411. The van der Waals surface area contributed by atoms with E-state index in [0.717, 1.165) is 0 Å². The Morgan fingerprint density at radius 3 is 2.64 bits per heavy atom. The third-order valence-corrected chi connectivity index (χ3v) is 1.96. The minimum absolute atomic E-state index is 0.118. The Morgan fingerprint density at radius 2 is 2.07 bits per heavy atom. The van der Waals surface area contributed by atoms with Crippen LogP contribution in [0.2, 0.25) is 0 Å². The van der Waals surface area contributed by atoms with E-state index in [9.17, 15) is 0 Å². The van der Waals surface area contributed by atoms with Crippen molar-refractivity contribution in [1.82, 2.24) is 9.97 Å². The molecule has 4 nitrogen and oxygen atoms in total. The highest BCUT2D eigenvalue weighted by atomic mass is 16.4. The van der Waals surface area contributed by atoms with Gasteiger partial charge in [-0.3, -0.25) is 0 Å². The highest BCUT2D eigenvalue weighted by Gasteiger charge is 2.21. The van der Waals surface area contributed by atoms with Crippen molar-refractivity contribution < 1.29 is 4.42 Å². The monoisotopic (exact) mass is 191 g/mol. The molecule has 0 aliphatic carbocycles. The van der Waals surface area contributed by atoms with Crippen LogP contribution in [0.4, 0.5) is 5.69 Å². The number of fused-ring (bicyclic) bond motifs is 1. The van der Waals surface area contributed by atoms with E-state index in [0.29, 0.717) is 22.8 Å². The van der Waals surface area contributed by atoms with E-state index in [1.807, 2.05) is 20.8 Å². The Hall–Kier alpha value is -1.58. The highest BCUT2D eigenvalue weighted by molar-refractivity contribution is 5.81. The summed E-state index contributed by atoms with van der Waals surface area (Å²) in [6.45, 7) is 6.11. The van der Waals surface area contributed by atoms with Crippen LogP contribution in [0.25, 0.3) is 11.2 Å². The molecule has 2 heterocycles. The molecule has 14 heavy (non-hydrogen) atoms. The van der Waals surface area contributed by atoms with E-state index in [2.05, 4.69) is 9.97 Å². The van der Waals surface area contributed by atoms with Gasteiger partial charge in [-0.25, -0.2) is 4.98 Å². The zero-order valence-electron chi connectivity index (χ0n) is 8.53. The molecule has 2 aromatic rings. The average molecular weight is 191 g/mol. The highest BCUT2D eigenvalue weighted by Crippen LogP contribution is 2.27. The number of oxazole rings is 1. The van der Waals surface area contributed by atoms with Gasteiger partial charge in [0.2, 0.25) is 11.5 Å². The van der Waals surface area contributed by atoms with Gasteiger partial charge in [-0.1, -0.05) is 20.8 Å². The Bertz CT molecular complexity index is 468. The number of aromatic nitrogens is 2. The number of nitrogens with two attached hydrogens (primary N) is 1. The van der Waals surface area contributed by atoms with Crippen molar-refractivity contribution in [1.29, 1.82) is 0 Å². The van der Waals surface area contributed by atoms with Crippen LogP contribution in [0.3, 0.4) is 0 Å². The number of nitrogens with zero attached hydrogens (tertiary/aromatic N) is 2. The molecule has 0 fully saturated rings. The molecule has 4 heteroatoms. The van der Waals surface area contributed by atoms with Crippen molar-refractivity contribution in [2.45, 2.75) is 26.2 Å². The first-order valence-corrected chi connectivity index (χ1v) is 4.50. The van der Waals surface area contributed by atoms with Gasteiger partial charge < -0.3 is 10.2 Å². The normalized spacial score (nSPS) is 12.2. The Kier molecular flexibility index (Phi) is 1.74. The minimum atomic E-state index is -0.118. The van der Waals surface area contributed by atoms with Crippen molar-refractivity contribution in [2.24, 2.45) is 0 Å². The molecule has 0 spiro atoms. The van der Waals surface area contributed by atoms with Gasteiger partial charge in [-0.2, -0.15) is 4.98 Å². The fraction of sp³-hybridized carbons (Fsp3) is 0.400. The average Bonchev–Trinajstić information content (AvgIpc) is 2.48. The van der Waals surface area contributed by atoms with Crippen LogP contribution in [0.1, 0.15) is 26.7 Å². The van der Waals surface area contributed by atoms with E-state index in [1.165, 1.54) is 0 Å². The summed E-state index contributed by atoms with van der Waals surface area (Å²) in [5, 5.41) is 0. The zero-order chi connectivity index (χ0) is 10.3. The second kappa shape index (κ2) is 2.70. The third kappa shape index (κ3) is 1.32. The van der Waals surface area contributed by atoms with Gasteiger partial charge in [-0.15, -0.1) is 0 Å². The summed E-state index contributed by atoms with van der Waals surface area (Å²) in [5.74, 6) is 0.665. The quantitative estimate of drug-likeness (QED) is 0.692. The molecule has 0 aliphatic rings. The molecule has 2 rings (SSSR count). The van der Waals surface area contributed by atoms with E-state index in [1.54, 1.807) is 12.3 Å². The minimum Gasteiger partial charge on any atom is -0.436 e. The van der Waals surface area contributed by atoms with Crippen LogP contribution >= 0.6 is 0 Å². The Morgan fingerprint density at radius 1 is 1.36 bits per heavy atom. The maximum absolute atomic E-state index is 5.74. The second-order valence-corrected chi connectivity index (χ2v) is 4.32. The maximum atomic E-state index is 5.74. The first kappa shape index (κ1) is 8.99. The largest absolute Gasteiger partial charge is 0.436 e. The molecule has 2 N–H and O–H groups in total. The fourth-order valence-electron chi connectivity index (χ4n) is 1.17. The number of nitrogen functional groups attached to an aromatic ring is 1. The predicted octanol–water partition coefficient (Wildman–Crippen LogP) is 2.10. The number of rotatable bonds is 0. The van der Waals surface area contributed by atoms with Crippen LogP contribution in [0, 0.1) is 0 Å². The van der Waals surface area contributed by atoms with E-state index in [-0.39, 0.29) is 5.41 Å². The lowest BCUT2D eigenvalue weighted by Crippen LogP contribution is -2.11. The molecule has 0 unspecified atom stereocenters. The fourth-order valence-corrected chi connectivity index (χ4v) is 1.17. The van der Waals surface area contributed by atoms with Crippen molar-refractivity contribution in [3.8, 4) is 0 Å². The van der Waals surface area contributed by atoms with Gasteiger partial charge in [0.25, 0.3) is 0 Å². The van der Waals surface area contributed by atoms with Gasteiger partial charge in [0.1, 0.15) is 0 Å². The van der Waals surface area contributed by atoms with Crippen LogP contribution in [0.5, 0.6) is 0 Å². The van der Waals surface area contributed by atoms with Crippen LogP contribution in [-0.2, 0) is 5.41 Å². The van der Waals surface area contributed by atoms with Gasteiger partial charge in [0.15, 0.2) is 5.58 Å². The molecule has 0 aliphatic heterocycles. The van der Waals surface area contributed by atoms with Crippen LogP contribution in [0.15, 0.2) is 16.7 Å². The van der Waals surface area contributed by atoms with Gasteiger partial charge in [0, 0.05) is 11.6 Å². The molecular formula is C10H13N3O. The van der Waals surface area contributed by atoms with Crippen LogP contribution < -0.4 is 5.73 Å².